The molecule has 1 unspecified atom stereocenters. The van der Waals surface area contributed by atoms with Crippen LogP contribution in [0.15, 0.2) is 18.2 Å². The summed E-state index contributed by atoms with van der Waals surface area (Å²) in [5, 5.41) is 3.07. The second kappa shape index (κ2) is 6.23. The lowest BCUT2D eigenvalue weighted by Crippen LogP contribution is -2.33. The second-order valence-corrected chi connectivity index (χ2v) is 4.43. The number of anilines is 1. The minimum absolute atomic E-state index is 0.00623. The summed E-state index contributed by atoms with van der Waals surface area (Å²) in [6.45, 7) is 3.15. The molecular weight excluding hydrogens is 260 g/mol. The maximum atomic E-state index is 13.8. The molecule has 19 heavy (non-hydrogen) atoms. The summed E-state index contributed by atoms with van der Waals surface area (Å²) in [4.78, 5) is 0.901. The molecule has 0 saturated heterocycles. The van der Waals surface area contributed by atoms with Gasteiger partial charge in [0.05, 0.1) is 5.69 Å². The van der Waals surface area contributed by atoms with Crippen LogP contribution in [-0.4, -0.2) is 26.3 Å². The molecule has 0 aliphatic heterocycles. The van der Waals surface area contributed by atoms with Gasteiger partial charge < -0.3 is 10.2 Å². The van der Waals surface area contributed by atoms with E-state index in [1.165, 1.54) is 19.2 Å². The van der Waals surface area contributed by atoms with Crippen LogP contribution in [0.4, 0.5) is 23.2 Å². The fraction of sp³-hybridized carbons (Fsp3) is 0.538. The number of alkyl halides is 3. The zero-order chi connectivity index (χ0) is 14.6. The zero-order valence-electron chi connectivity index (χ0n) is 11.2. The summed E-state index contributed by atoms with van der Waals surface area (Å²) in [7, 11) is 1.24. The van der Waals surface area contributed by atoms with Crippen molar-refractivity contribution >= 4 is 5.69 Å². The number of para-hydroxylation sites is 1. The molecule has 0 aliphatic carbocycles. The van der Waals surface area contributed by atoms with E-state index in [1.807, 2.05) is 6.92 Å². The van der Waals surface area contributed by atoms with Crippen molar-refractivity contribution in [3.8, 4) is 0 Å². The van der Waals surface area contributed by atoms with Gasteiger partial charge in [0.25, 0.3) is 0 Å². The lowest BCUT2D eigenvalue weighted by Gasteiger charge is -2.26. The number of nitrogens with zero attached hydrogens (tertiary/aromatic N) is 1. The lowest BCUT2D eigenvalue weighted by molar-refractivity contribution is -0.119. The van der Waals surface area contributed by atoms with Gasteiger partial charge in [0.1, 0.15) is 12.4 Å². The molecule has 1 atom stereocenters. The van der Waals surface area contributed by atoms with Crippen molar-refractivity contribution in [1.82, 2.24) is 5.32 Å². The largest absolute Gasteiger partial charge is 0.405 e. The molecule has 0 amide bonds. The fourth-order valence-corrected chi connectivity index (χ4v) is 2.05. The maximum Gasteiger partial charge on any atom is 0.405 e. The first-order chi connectivity index (χ1) is 8.76. The Kier molecular flexibility index (Phi) is 5.17. The van der Waals surface area contributed by atoms with Gasteiger partial charge in [-0.3, -0.25) is 0 Å². The van der Waals surface area contributed by atoms with Crippen LogP contribution in [0.5, 0.6) is 0 Å². The van der Waals surface area contributed by atoms with Crippen LogP contribution in [0.25, 0.3) is 0 Å². The van der Waals surface area contributed by atoms with E-state index in [4.69, 9.17) is 0 Å². The molecule has 0 saturated carbocycles. The highest BCUT2D eigenvalue weighted by molar-refractivity contribution is 5.55. The van der Waals surface area contributed by atoms with Gasteiger partial charge in [-0.2, -0.15) is 13.2 Å². The SMILES string of the molecule is CCNC(C)c1cccc(F)c1N(C)CC(F)(F)F. The molecule has 1 N–H and O–H groups in total. The van der Waals surface area contributed by atoms with Crippen molar-refractivity contribution in [3.63, 3.8) is 0 Å². The molecule has 0 spiro atoms. The van der Waals surface area contributed by atoms with Gasteiger partial charge in [0.15, 0.2) is 0 Å². The molecule has 0 radical (unpaired) electrons. The van der Waals surface area contributed by atoms with E-state index in [-0.39, 0.29) is 11.7 Å². The van der Waals surface area contributed by atoms with Gasteiger partial charge >= 0.3 is 6.18 Å². The Morgan fingerprint density at radius 1 is 1.32 bits per heavy atom. The third-order valence-corrected chi connectivity index (χ3v) is 2.79. The Labute approximate surface area is 110 Å². The number of hydrogen-bond acceptors (Lipinski definition) is 2. The van der Waals surface area contributed by atoms with Crippen LogP contribution in [-0.2, 0) is 0 Å². The molecule has 0 fully saturated rings. The second-order valence-electron chi connectivity index (χ2n) is 4.43. The highest BCUT2D eigenvalue weighted by Gasteiger charge is 2.31. The Hall–Kier alpha value is -1.30. The highest BCUT2D eigenvalue weighted by Crippen LogP contribution is 2.30. The Bertz CT molecular complexity index is 418. The molecule has 1 aromatic rings. The van der Waals surface area contributed by atoms with Crippen molar-refractivity contribution in [1.29, 1.82) is 0 Å². The first-order valence-electron chi connectivity index (χ1n) is 6.06. The number of rotatable bonds is 5. The minimum Gasteiger partial charge on any atom is -0.363 e. The van der Waals surface area contributed by atoms with Gasteiger partial charge in [-0.05, 0) is 25.1 Å². The summed E-state index contributed by atoms with van der Waals surface area (Å²) < 4.78 is 51.1. The third kappa shape index (κ3) is 4.38. The van der Waals surface area contributed by atoms with Gasteiger partial charge in [-0.1, -0.05) is 19.1 Å². The topological polar surface area (TPSA) is 15.3 Å². The first kappa shape index (κ1) is 15.8. The average Bonchev–Trinajstić information content (AvgIpc) is 2.26. The summed E-state index contributed by atoms with van der Waals surface area (Å²) >= 11 is 0. The monoisotopic (exact) mass is 278 g/mol. The van der Waals surface area contributed by atoms with Crippen molar-refractivity contribution in [2.75, 3.05) is 25.0 Å². The van der Waals surface area contributed by atoms with E-state index >= 15 is 0 Å². The van der Waals surface area contributed by atoms with Crippen LogP contribution in [0.3, 0.4) is 0 Å². The molecule has 1 rings (SSSR count). The van der Waals surface area contributed by atoms with Crippen LogP contribution in [0.1, 0.15) is 25.5 Å². The number of hydrogen-bond donors (Lipinski definition) is 1. The molecule has 108 valence electrons. The summed E-state index contributed by atoms with van der Waals surface area (Å²) in [6, 6.07) is 4.10. The highest BCUT2D eigenvalue weighted by atomic mass is 19.4. The predicted octanol–water partition coefficient (Wildman–Crippen LogP) is 3.49. The quantitative estimate of drug-likeness (QED) is 0.829. The lowest BCUT2D eigenvalue weighted by atomic mass is 10.0. The van der Waals surface area contributed by atoms with E-state index in [0.717, 1.165) is 4.90 Å². The van der Waals surface area contributed by atoms with E-state index in [1.54, 1.807) is 13.0 Å². The number of nitrogens with one attached hydrogen (secondary N) is 1. The summed E-state index contributed by atoms with van der Waals surface area (Å²) in [6.07, 6.45) is -4.37. The smallest absolute Gasteiger partial charge is 0.363 e. The van der Waals surface area contributed by atoms with Crippen LogP contribution in [0, 0.1) is 5.82 Å². The Morgan fingerprint density at radius 3 is 2.47 bits per heavy atom. The van der Waals surface area contributed by atoms with Crippen LogP contribution in [0.2, 0.25) is 0 Å². The van der Waals surface area contributed by atoms with E-state index in [9.17, 15) is 17.6 Å². The normalized spacial score (nSPS) is 13.4. The molecule has 0 aliphatic rings. The van der Waals surface area contributed by atoms with E-state index < -0.39 is 18.5 Å². The van der Waals surface area contributed by atoms with Crippen molar-refractivity contribution in [3.05, 3.63) is 29.6 Å². The molecule has 0 bridgehead atoms. The standard InChI is InChI=1S/C13H18F4N2/c1-4-18-9(2)10-6-5-7-11(14)12(10)19(3)8-13(15,16)17/h5-7,9,18H,4,8H2,1-3H3. The molecule has 0 aromatic heterocycles. The van der Waals surface area contributed by atoms with Gasteiger partial charge in [0.2, 0.25) is 0 Å². The fourth-order valence-electron chi connectivity index (χ4n) is 2.05. The Balaban J connectivity index is 3.10. The van der Waals surface area contributed by atoms with Gasteiger partial charge in [-0.25, -0.2) is 4.39 Å². The first-order valence-corrected chi connectivity index (χ1v) is 6.06. The molecule has 0 heterocycles. The minimum atomic E-state index is -4.37. The van der Waals surface area contributed by atoms with E-state index in [0.29, 0.717) is 12.1 Å². The molecule has 6 heteroatoms. The van der Waals surface area contributed by atoms with Crippen molar-refractivity contribution in [2.45, 2.75) is 26.1 Å². The third-order valence-electron chi connectivity index (χ3n) is 2.79. The Morgan fingerprint density at radius 2 is 1.95 bits per heavy atom. The van der Waals surface area contributed by atoms with Crippen molar-refractivity contribution < 1.29 is 17.6 Å². The van der Waals surface area contributed by atoms with Crippen molar-refractivity contribution in [2.24, 2.45) is 0 Å². The van der Waals surface area contributed by atoms with E-state index in [2.05, 4.69) is 5.32 Å². The molecular formula is C13H18F4N2. The van der Waals surface area contributed by atoms with Gasteiger partial charge in [0, 0.05) is 13.1 Å². The summed E-state index contributed by atoms with van der Waals surface area (Å²) in [5.74, 6) is -0.644. The molecule has 1 aromatic carbocycles. The summed E-state index contributed by atoms with van der Waals surface area (Å²) in [5.41, 5.74) is 0.516. The number of halogens is 4. The average molecular weight is 278 g/mol. The molecule has 2 nitrogen and oxygen atoms in total. The number of benzene rings is 1. The predicted molar refractivity (Wildman–Crippen MR) is 67.8 cm³/mol. The maximum absolute atomic E-state index is 13.8. The van der Waals surface area contributed by atoms with Crippen LogP contribution >= 0.6 is 0 Å². The zero-order valence-corrected chi connectivity index (χ0v) is 11.2. The van der Waals surface area contributed by atoms with Gasteiger partial charge in [-0.15, -0.1) is 0 Å². The van der Waals surface area contributed by atoms with Crippen LogP contribution < -0.4 is 10.2 Å².